The van der Waals surface area contributed by atoms with Crippen LogP contribution in [0.1, 0.15) is 52.1 Å². The summed E-state index contributed by atoms with van der Waals surface area (Å²) in [6.07, 6.45) is 3.50. The Morgan fingerprint density at radius 3 is 2.50 bits per heavy atom. The number of ether oxygens (including phenoxy) is 2. The second-order valence-corrected chi connectivity index (χ2v) is 10.8. The molecule has 10 heteroatoms. The van der Waals surface area contributed by atoms with Crippen molar-refractivity contribution in [3.8, 4) is 5.75 Å². The van der Waals surface area contributed by atoms with Crippen molar-refractivity contribution < 1.29 is 14.3 Å². The van der Waals surface area contributed by atoms with Crippen molar-refractivity contribution >= 4 is 34.6 Å². The van der Waals surface area contributed by atoms with Gasteiger partial charge < -0.3 is 24.6 Å². The first-order valence-electron chi connectivity index (χ1n) is 12.5. The first kappa shape index (κ1) is 24.1. The number of carbonyl (C=O) groups excluding carboxylic acids is 1. The van der Waals surface area contributed by atoms with Gasteiger partial charge in [0.2, 0.25) is 5.95 Å². The van der Waals surface area contributed by atoms with Gasteiger partial charge in [0, 0.05) is 48.4 Å². The molecule has 192 valence electrons. The Morgan fingerprint density at radius 2 is 1.89 bits per heavy atom. The van der Waals surface area contributed by atoms with E-state index in [1.165, 1.54) is 0 Å². The molecule has 3 aromatic rings. The van der Waals surface area contributed by atoms with Gasteiger partial charge in [-0.25, -0.2) is 9.78 Å². The van der Waals surface area contributed by atoms with Gasteiger partial charge in [0.1, 0.15) is 17.2 Å². The summed E-state index contributed by atoms with van der Waals surface area (Å²) in [5.74, 6) is 2.74. The molecule has 2 aliphatic rings. The molecule has 4 heterocycles. The monoisotopic (exact) mass is 493 g/mol. The van der Waals surface area contributed by atoms with Gasteiger partial charge >= 0.3 is 6.09 Å². The molecule has 0 aliphatic carbocycles. The number of methoxy groups -OCH3 is 1. The highest BCUT2D eigenvalue weighted by atomic mass is 16.6. The number of anilines is 3. The van der Waals surface area contributed by atoms with Crippen LogP contribution < -0.4 is 15.0 Å². The minimum atomic E-state index is -0.500. The number of H-pyrrole nitrogens is 1. The zero-order valence-corrected chi connectivity index (χ0v) is 21.8. The molecule has 10 nitrogen and oxygen atoms in total. The summed E-state index contributed by atoms with van der Waals surface area (Å²) < 4.78 is 11.1. The van der Waals surface area contributed by atoms with Gasteiger partial charge in [0.25, 0.3) is 0 Å². The third-order valence-corrected chi connectivity index (χ3v) is 7.02. The average Bonchev–Trinajstić information content (AvgIpc) is 3.35. The predicted octanol–water partition coefficient (Wildman–Crippen LogP) is 4.78. The molecule has 2 unspecified atom stereocenters. The lowest BCUT2D eigenvalue weighted by Crippen LogP contribution is -2.53. The van der Waals surface area contributed by atoms with Crippen LogP contribution in [0, 0.1) is 6.92 Å². The number of carbonyl (C=O) groups is 1. The van der Waals surface area contributed by atoms with Crippen LogP contribution in [0.2, 0.25) is 0 Å². The topological polar surface area (TPSA) is 108 Å². The van der Waals surface area contributed by atoms with Crippen LogP contribution in [0.3, 0.4) is 0 Å². The van der Waals surface area contributed by atoms with E-state index in [0.717, 1.165) is 48.0 Å². The third kappa shape index (κ3) is 4.76. The van der Waals surface area contributed by atoms with E-state index in [9.17, 15) is 4.79 Å². The van der Waals surface area contributed by atoms with E-state index < -0.39 is 5.60 Å². The number of benzene rings is 1. The standard InChI is InChI=1S/C26H35N7O3/c1-15-11-22(31-30-15)28-23-20-10-9-19(35-6)14-21(20)27-24(29-23)32(5)18-12-16-7-8-17(13-18)33(16)25(34)36-26(2,3)4/h9-11,14,16-18H,7-8,12-13H2,1-6H3,(H2,27,28,29,30,31). The molecule has 0 saturated carbocycles. The number of hydrogen-bond donors (Lipinski definition) is 2. The molecule has 2 aliphatic heterocycles. The maximum Gasteiger partial charge on any atom is 0.410 e. The van der Waals surface area contributed by atoms with Gasteiger partial charge in [-0.15, -0.1) is 0 Å². The van der Waals surface area contributed by atoms with Crippen molar-refractivity contribution in [2.45, 2.75) is 77.1 Å². The van der Waals surface area contributed by atoms with E-state index in [2.05, 4.69) is 20.4 Å². The Bertz CT molecular complexity index is 1250. The molecule has 2 atom stereocenters. The highest BCUT2D eigenvalue weighted by molar-refractivity contribution is 5.92. The fourth-order valence-corrected chi connectivity index (χ4v) is 5.32. The average molecular weight is 494 g/mol. The molecule has 1 aromatic carbocycles. The van der Waals surface area contributed by atoms with Crippen LogP contribution in [0.25, 0.3) is 10.9 Å². The molecule has 0 spiro atoms. The molecular weight excluding hydrogens is 458 g/mol. The molecule has 2 saturated heterocycles. The number of rotatable bonds is 5. The SMILES string of the molecule is COc1ccc2c(Nc3cc(C)[nH]n3)nc(N(C)C3CC4CCC(C3)N4C(=O)OC(C)(C)C)nc2c1. The number of aromatic amines is 1. The van der Waals surface area contributed by atoms with Crippen LogP contribution in [-0.4, -0.2) is 69.0 Å². The van der Waals surface area contributed by atoms with Crippen molar-refractivity contribution in [3.63, 3.8) is 0 Å². The predicted molar refractivity (Wildman–Crippen MR) is 139 cm³/mol. The van der Waals surface area contributed by atoms with Gasteiger partial charge in [-0.2, -0.15) is 10.1 Å². The first-order chi connectivity index (χ1) is 17.1. The number of piperidine rings is 1. The molecule has 2 N–H and O–H groups in total. The third-order valence-electron chi connectivity index (χ3n) is 7.02. The van der Waals surface area contributed by atoms with E-state index in [1.807, 2.05) is 63.9 Å². The smallest absolute Gasteiger partial charge is 0.410 e. The van der Waals surface area contributed by atoms with E-state index in [0.29, 0.717) is 17.6 Å². The summed E-state index contributed by atoms with van der Waals surface area (Å²) in [5.41, 5.74) is 1.25. The van der Waals surface area contributed by atoms with Crippen LogP contribution in [0.5, 0.6) is 5.75 Å². The van der Waals surface area contributed by atoms with Gasteiger partial charge in [-0.3, -0.25) is 5.10 Å². The molecule has 5 rings (SSSR count). The number of hydrogen-bond acceptors (Lipinski definition) is 8. The number of aryl methyl sites for hydroxylation is 1. The summed E-state index contributed by atoms with van der Waals surface area (Å²) in [4.78, 5) is 26.8. The number of amides is 1. The van der Waals surface area contributed by atoms with Gasteiger partial charge in [0.05, 0.1) is 12.6 Å². The van der Waals surface area contributed by atoms with E-state index in [1.54, 1.807) is 7.11 Å². The molecule has 0 radical (unpaired) electrons. The summed E-state index contributed by atoms with van der Waals surface area (Å²) in [7, 11) is 3.69. The van der Waals surface area contributed by atoms with Gasteiger partial charge in [-0.05, 0) is 65.5 Å². The largest absolute Gasteiger partial charge is 0.497 e. The van der Waals surface area contributed by atoms with Crippen molar-refractivity contribution in [1.82, 2.24) is 25.1 Å². The van der Waals surface area contributed by atoms with E-state index in [4.69, 9.17) is 19.4 Å². The minimum absolute atomic E-state index is 0.163. The maximum atomic E-state index is 12.9. The van der Waals surface area contributed by atoms with Crippen molar-refractivity contribution in [2.24, 2.45) is 0 Å². The second-order valence-electron chi connectivity index (χ2n) is 10.8. The second kappa shape index (κ2) is 9.15. The Labute approximate surface area is 211 Å². The normalized spacial score (nSPS) is 21.5. The lowest BCUT2D eigenvalue weighted by Gasteiger charge is -2.42. The van der Waals surface area contributed by atoms with Crippen LogP contribution >= 0.6 is 0 Å². The summed E-state index contributed by atoms with van der Waals surface area (Å²) in [6, 6.07) is 8.26. The van der Waals surface area contributed by atoms with Crippen LogP contribution in [0.4, 0.5) is 22.4 Å². The Hall–Kier alpha value is -3.56. The lowest BCUT2D eigenvalue weighted by atomic mass is 9.97. The minimum Gasteiger partial charge on any atom is -0.497 e. The number of nitrogens with one attached hydrogen (secondary N) is 2. The highest BCUT2D eigenvalue weighted by Crippen LogP contribution is 2.39. The van der Waals surface area contributed by atoms with Gasteiger partial charge in [0.15, 0.2) is 5.82 Å². The van der Waals surface area contributed by atoms with Crippen molar-refractivity contribution in [2.75, 3.05) is 24.4 Å². The zero-order valence-electron chi connectivity index (χ0n) is 21.8. The zero-order chi connectivity index (χ0) is 25.6. The number of nitrogens with zero attached hydrogens (tertiary/aromatic N) is 5. The fraction of sp³-hybridized carbons (Fsp3) is 0.538. The van der Waals surface area contributed by atoms with Crippen LogP contribution in [0.15, 0.2) is 24.3 Å². The van der Waals surface area contributed by atoms with E-state index >= 15 is 0 Å². The molecule has 2 aromatic heterocycles. The lowest BCUT2D eigenvalue weighted by molar-refractivity contribution is 0.00596. The van der Waals surface area contributed by atoms with Crippen molar-refractivity contribution in [1.29, 1.82) is 0 Å². The van der Waals surface area contributed by atoms with E-state index in [-0.39, 0.29) is 24.2 Å². The Kier molecular flexibility index (Phi) is 6.13. The molecule has 1 amide bonds. The highest BCUT2D eigenvalue weighted by Gasteiger charge is 2.46. The summed E-state index contributed by atoms with van der Waals surface area (Å²) >= 11 is 0. The van der Waals surface area contributed by atoms with Gasteiger partial charge in [-0.1, -0.05) is 0 Å². The quantitative estimate of drug-likeness (QED) is 0.523. The Balaban J connectivity index is 1.42. The fourth-order valence-electron chi connectivity index (χ4n) is 5.32. The van der Waals surface area contributed by atoms with Crippen molar-refractivity contribution in [3.05, 3.63) is 30.0 Å². The molecule has 36 heavy (non-hydrogen) atoms. The summed E-state index contributed by atoms with van der Waals surface area (Å²) in [6.45, 7) is 7.69. The Morgan fingerprint density at radius 1 is 1.17 bits per heavy atom. The molecular formula is C26H35N7O3. The molecule has 2 bridgehead atoms. The number of aromatic nitrogens is 4. The summed E-state index contributed by atoms with van der Waals surface area (Å²) in [5, 5.41) is 11.5. The first-order valence-corrected chi connectivity index (χ1v) is 12.5. The molecule has 2 fully saturated rings. The maximum absolute atomic E-state index is 12.9. The number of fused-ring (bicyclic) bond motifs is 3. The van der Waals surface area contributed by atoms with Crippen LogP contribution in [-0.2, 0) is 4.74 Å².